The van der Waals surface area contributed by atoms with Gasteiger partial charge in [0.2, 0.25) is 0 Å². The summed E-state index contributed by atoms with van der Waals surface area (Å²) in [6.45, 7) is 0. The lowest BCUT2D eigenvalue weighted by Crippen LogP contribution is -2.21. The van der Waals surface area contributed by atoms with Crippen molar-refractivity contribution < 1.29 is 18.3 Å². The van der Waals surface area contributed by atoms with Crippen LogP contribution in [-0.4, -0.2) is 18.1 Å². The minimum Gasteiger partial charge on any atom is -0.469 e. The van der Waals surface area contributed by atoms with Crippen molar-refractivity contribution in [3.8, 4) is 0 Å². The van der Waals surface area contributed by atoms with E-state index in [1.807, 2.05) is 0 Å². The number of hydrogen-bond acceptors (Lipinski definition) is 3. The molecule has 0 radical (unpaired) electrons. The third-order valence-corrected chi connectivity index (χ3v) is 2.76. The predicted octanol–water partition coefficient (Wildman–Crippen LogP) is 1.92. The highest BCUT2D eigenvalue weighted by molar-refractivity contribution is 9.08. The first kappa shape index (κ1) is 13.8. The quantitative estimate of drug-likeness (QED) is 0.683. The van der Waals surface area contributed by atoms with Crippen LogP contribution in [0.2, 0.25) is 0 Å². The van der Waals surface area contributed by atoms with E-state index in [0.717, 1.165) is 7.11 Å². The van der Waals surface area contributed by atoms with Gasteiger partial charge in [0, 0.05) is 22.2 Å². The number of aromatic nitrogens is 1. The minimum absolute atomic E-state index is 0.250. The Balaban J connectivity index is 3.27. The zero-order valence-electron chi connectivity index (χ0n) is 8.93. The van der Waals surface area contributed by atoms with Crippen LogP contribution < -0.4 is 5.56 Å². The maximum atomic E-state index is 12.8. The molecule has 1 N–H and O–H groups in total. The molecule has 1 heterocycles. The standard InChI is InChI=1S/C10H10BrF2NO3/c1-17-8(15)3-7-6(9(12)13)2-5(4-11)14-10(7)16/h2,9H,3-4H2,1H3,(H,14,16). The maximum Gasteiger partial charge on any atom is 0.310 e. The summed E-state index contributed by atoms with van der Waals surface area (Å²) < 4.78 is 29.9. The molecule has 0 aliphatic heterocycles. The van der Waals surface area contributed by atoms with E-state index in [9.17, 15) is 18.4 Å². The number of halogens is 3. The molecule has 1 aromatic rings. The van der Waals surface area contributed by atoms with Gasteiger partial charge in [0.25, 0.3) is 12.0 Å². The molecule has 0 aromatic carbocycles. The molecule has 0 amide bonds. The molecule has 7 heteroatoms. The van der Waals surface area contributed by atoms with Gasteiger partial charge < -0.3 is 9.72 Å². The van der Waals surface area contributed by atoms with Gasteiger partial charge in [0.1, 0.15) is 0 Å². The Hall–Kier alpha value is -1.24. The van der Waals surface area contributed by atoms with E-state index in [2.05, 4.69) is 25.7 Å². The number of alkyl halides is 3. The van der Waals surface area contributed by atoms with Crippen LogP contribution in [0.5, 0.6) is 0 Å². The van der Waals surface area contributed by atoms with Crippen molar-refractivity contribution in [2.24, 2.45) is 0 Å². The van der Waals surface area contributed by atoms with Gasteiger partial charge >= 0.3 is 5.97 Å². The van der Waals surface area contributed by atoms with Gasteiger partial charge in [0.05, 0.1) is 13.5 Å². The molecule has 0 spiro atoms. The average Bonchev–Trinajstić information content (AvgIpc) is 2.30. The van der Waals surface area contributed by atoms with E-state index >= 15 is 0 Å². The monoisotopic (exact) mass is 309 g/mol. The van der Waals surface area contributed by atoms with Gasteiger partial charge in [0.15, 0.2) is 0 Å². The number of esters is 1. The Bertz CT molecular complexity index is 473. The van der Waals surface area contributed by atoms with E-state index in [4.69, 9.17) is 0 Å². The van der Waals surface area contributed by atoms with Crippen molar-refractivity contribution in [3.63, 3.8) is 0 Å². The van der Waals surface area contributed by atoms with Crippen LogP contribution in [0.25, 0.3) is 0 Å². The van der Waals surface area contributed by atoms with Crippen molar-refractivity contribution in [1.82, 2.24) is 4.98 Å². The van der Waals surface area contributed by atoms with Gasteiger partial charge in [-0.15, -0.1) is 0 Å². The van der Waals surface area contributed by atoms with Crippen LogP contribution in [0.15, 0.2) is 10.9 Å². The van der Waals surface area contributed by atoms with E-state index < -0.39 is 29.9 Å². The number of pyridine rings is 1. The molecule has 1 aromatic heterocycles. The lowest BCUT2D eigenvalue weighted by Gasteiger charge is -2.08. The Morgan fingerprint density at radius 2 is 2.24 bits per heavy atom. The van der Waals surface area contributed by atoms with Gasteiger partial charge in [-0.3, -0.25) is 9.59 Å². The molecule has 0 fully saturated rings. The highest BCUT2D eigenvalue weighted by Crippen LogP contribution is 2.22. The summed E-state index contributed by atoms with van der Waals surface area (Å²) in [4.78, 5) is 25.0. The molecule has 0 atom stereocenters. The zero-order valence-corrected chi connectivity index (χ0v) is 10.5. The third kappa shape index (κ3) is 3.36. The number of rotatable bonds is 4. The molecule has 94 valence electrons. The highest BCUT2D eigenvalue weighted by Gasteiger charge is 2.19. The van der Waals surface area contributed by atoms with Crippen molar-refractivity contribution in [2.45, 2.75) is 18.2 Å². The SMILES string of the molecule is COC(=O)Cc1c(C(F)F)cc(CBr)[nH]c1=O. The molecule has 0 aliphatic rings. The molecule has 0 saturated heterocycles. The first-order chi connectivity index (χ1) is 7.99. The van der Waals surface area contributed by atoms with Gasteiger partial charge in [-0.05, 0) is 6.07 Å². The second kappa shape index (κ2) is 5.90. The molecule has 0 unspecified atom stereocenters. The molecule has 4 nitrogen and oxygen atoms in total. The predicted molar refractivity (Wildman–Crippen MR) is 60.4 cm³/mol. The molecule has 0 aliphatic carbocycles. The summed E-state index contributed by atoms with van der Waals surface area (Å²) in [7, 11) is 1.13. The fourth-order valence-electron chi connectivity index (χ4n) is 1.33. The zero-order chi connectivity index (χ0) is 13.0. The Morgan fingerprint density at radius 1 is 1.59 bits per heavy atom. The fourth-order valence-corrected chi connectivity index (χ4v) is 1.63. The van der Waals surface area contributed by atoms with Crippen molar-refractivity contribution in [3.05, 3.63) is 33.2 Å². The molecule has 1 rings (SSSR count). The largest absolute Gasteiger partial charge is 0.469 e. The number of hydrogen-bond donors (Lipinski definition) is 1. The van der Waals surface area contributed by atoms with Crippen LogP contribution >= 0.6 is 15.9 Å². The van der Waals surface area contributed by atoms with Crippen LogP contribution in [0.4, 0.5) is 8.78 Å². The van der Waals surface area contributed by atoms with Crippen LogP contribution in [-0.2, 0) is 21.3 Å². The van der Waals surface area contributed by atoms with Gasteiger partial charge in [-0.25, -0.2) is 8.78 Å². The number of carbonyl (C=O) groups excluding carboxylic acids is 1. The minimum atomic E-state index is -2.81. The Labute approximate surface area is 104 Å². The third-order valence-electron chi connectivity index (χ3n) is 2.15. The van der Waals surface area contributed by atoms with Crippen LogP contribution in [0.3, 0.4) is 0 Å². The van der Waals surface area contributed by atoms with E-state index in [-0.39, 0.29) is 10.9 Å². The van der Waals surface area contributed by atoms with Crippen LogP contribution in [0, 0.1) is 0 Å². The highest BCUT2D eigenvalue weighted by atomic mass is 79.9. The Kier molecular flexibility index (Phi) is 4.80. The Morgan fingerprint density at radius 3 is 2.71 bits per heavy atom. The normalized spacial score (nSPS) is 10.6. The lowest BCUT2D eigenvalue weighted by atomic mass is 10.1. The second-order valence-electron chi connectivity index (χ2n) is 3.24. The molecule has 0 saturated carbocycles. The average molecular weight is 310 g/mol. The van der Waals surface area contributed by atoms with E-state index in [1.165, 1.54) is 6.07 Å². The summed E-state index contributed by atoms with van der Waals surface area (Å²) in [5.41, 5.74) is -1.05. The number of carbonyl (C=O) groups is 1. The number of H-pyrrole nitrogens is 1. The van der Waals surface area contributed by atoms with E-state index in [0.29, 0.717) is 5.69 Å². The number of methoxy groups -OCH3 is 1. The fraction of sp³-hybridized carbons (Fsp3) is 0.400. The summed E-state index contributed by atoms with van der Waals surface area (Å²) in [5.74, 6) is -0.732. The number of nitrogens with one attached hydrogen (secondary N) is 1. The van der Waals surface area contributed by atoms with Crippen molar-refractivity contribution in [1.29, 1.82) is 0 Å². The summed E-state index contributed by atoms with van der Waals surface area (Å²) >= 11 is 3.06. The first-order valence-corrected chi connectivity index (χ1v) is 5.77. The molecular weight excluding hydrogens is 300 g/mol. The first-order valence-electron chi connectivity index (χ1n) is 4.65. The molecule has 0 bridgehead atoms. The van der Waals surface area contributed by atoms with Crippen molar-refractivity contribution >= 4 is 21.9 Å². The number of ether oxygens (including phenoxy) is 1. The molecule has 17 heavy (non-hydrogen) atoms. The molecular formula is C10H10BrF2NO3. The van der Waals surface area contributed by atoms with E-state index in [1.54, 1.807) is 0 Å². The van der Waals surface area contributed by atoms with Gasteiger partial charge in [-0.1, -0.05) is 15.9 Å². The topological polar surface area (TPSA) is 59.2 Å². The lowest BCUT2D eigenvalue weighted by molar-refractivity contribution is -0.139. The smallest absolute Gasteiger partial charge is 0.310 e. The summed E-state index contributed by atoms with van der Waals surface area (Å²) in [5, 5.41) is 0.250. The number of aromatic amines is 1. The summed E-state index contributed by atoms with van der Waals surface area (Å²) in [6, 6.07) is 1.17. The van der Waals surface area contributed by atoms with Crippen molar-refractivity contribution in [2.75, 3.05) is 7.11 Å². The summed E-state index contributed by atoms with van der Waals surface area (Å²) in [6.07, 6.45) is -3.27. The maximum absolute atomic E-state index is 12.8. The van der Waals surface area contributed by atoms with Crippen LogP contribution in [0.1, 0.15) is 23.2 Å². The second-order valence-corrected chi connectivity index (χ2v) is 3.81. The van der Waals surface area contributed by atoms with Gasteiger partial charge in [-0.2, -0.15) is 0 Å².